The Kier molecular flexibility index (Phi) is 4.01. The lowest BCUT2D eigenvalue weighted by Crippen LogP contribution is -2.32. The third-order valence-corrected chi connectivity index (χ3v) is 4.59. The van der Waals surface area contributed by atoms with E-state index in [1.54, 1.807) is 30.3 Å². The minimum absolute atomic E-state index is 0.0659. The van der Waals surface area contributed by atoms with E-state index in [1.165, 1.54) is 0 Å². The Hall–Kier alpha value is -3.79. The second kappa shape index (κ2) is 6.50. The molecule has 0 bridgehead atoms. The Morgan fingerprint density at radius 1 is 1.07 bits per heavy atom. The summed E-state index contributed by atoms with van der Waals surface area (Å²) in [7, 11) is 0. The first-order valence-corrected chi connectivity index (χ1v) is 8.42. The van der Waals surface area contributed by atoms with E-state index in [2.05, 4.69) is 9.97 Å². The van der Waals surface area contributed by atoms with Crippen molar-refractivity contribution in [3.63, 3.8) is 0 Å². The van der Waals surface area contributed by atoms with E-state index in [1.807, 2.05) is 24.3 Å². The van der Waals surface area contributed by atoms with Crippen molar-refractivity contribution in [2.24, 2.45) is 0 Å². The van der Waals surface area contributed by atoms with Gasteiger partial charge in [-0.25, -0.2) is 4.98 Å². The van der Waals surface area contributed by atoms with E-state index in [9.17, 15) is 19.6 Å². The molecule has 1 aliphatic heterocycles. The maximum Gasteiger partial charge on any atom is 0.261 e. The number of H-pyrrole nitrogens is 1. The standard InChI is InChI=1S/C20H14N4O3/c21-11-14(18-22-15-7-3-4-8-16(15)23-18)17(25)9-10-24-19(26)12-5-1-2-6-13(12)20(24)27/h1-8,14H,9-10H2,(H,22,23). The van der Waals surface area contributed by atoms with Crippen molar-refractivity contribution in [1.82, 2.24) is 14.9 Å². The van der Waals surface area contributed by atoms with Crippen LogP contribution in [0.25, 0.3) is 11.0 Å². The van der Waals surface area contributed by atoms with Gasteiger partial charge in [-0.15, -0.1) is 0 Å². The quantitative estimate of drug-likeness (QED) is 0.705. The Balaban J connectivity index is 1.50. The van der Waals surface area contributed by atoms with E-state index >= 15 is 0 Å². The fourth-order valence-electron chi connectivity index (χ4n) is 3.20. The highest BCUT2D eigenvalue weighted by molar-refractivity contribution is 6.21. The van der Waals surface area contributed by atoms with Crippen LogP contribution in [-0.4, -0.2) is 39.0 Å². The van der Waals surface area contributed by atoms with Crippen LogP contribution in [0.15, 0.2) is 48.5 Å². The van der Waals surface area contributed by atoms with Crippen LogP contribution in [0.1, 0.15) is 38.9 Å². The molecular weight excluding hydrogens is 344 g/mol. The molecule has 0 radical (unpaired) electrons. The molecule has 7 nitrogen and oxygen atoms in total. The maximum absolute atomic E-state index is 12.6. The summed E-state index contributed by atoms with van der Waals surface area (Å²) in [5, 5.41) is 9.43. The van der Waals surface area contributed by atoms with Gasteiger partial charge in [0.15, 0.2) is 11.7 Å². The molecule has 0 fully saturated rings. The molecule has 27 heavy (non-hydrogen) atoms. The summed E-state index contributed by atoms with van der Waals surface area (Å²) in [6.45, 7) is -0.0659. The van der Waals surface area contributed by atoms with Crippen LogP contribution < -0.4 is 0 Å². The predicted molar refractivity (Wildman–Crippen MR) is 95.9 cm³/mol. The maximum atomic E-state index is 12.6. The highest BCUT2D eigenvalue weighted by Crippen LogP contribution is 2.24. The number of ketones is 1. The predicted octanol–water partition coefficient (Wildman–Crippen LogP) is 2.43. The summed E-state index contributed by atoms with van der Waals surface area (Å²) in [5.74, 6) is -2.03. The molecule has 1 atom stereocenters. The third kappa shape index (κ3) is 2.77. The van der Waals surface area contributed by atoms with Crippen LogP contribution in [0.4, 0.5) is 0 Å². The number of aromatic nitrogens is 2. The summed E-state index contributed by atoms with van der Waals surface area (Å²) < 4.78 is 0. The molecule has 1 unspecified atom stereocenters. The van der Waals surface area contributed by atoms with Gasteiger partial charge in [0.05, 0.1) is 28.2 Å². The number of hydrogen-bond donors (Lipinski definition) is 1. The van der Waals surface area contributed by atoms with Gasteiger partial charge in [0, 0.05) is 13.0 Å². The van der Waals surface area contributed by atoms with Crippen LogP contribution in [0.3, 0.4) is 0 Å². The SMILES string of the molecule is N#CC(C(=O)CCN1C(=O)c2ccccc2C1=O)c1nc2ccccc2[nH]1. The molecule has 132 valence electrons. The number of carbonyl (C=O) groups excluding carboxylic acids is 3. The number of hydrogen-bond acceptors (Lipinski definition) is 5. The van der Waals surface area contributed by atoms with E-state index < -0.39 is 23.5 Å². The van der Waals surface area contributed by atoms with Crippen molar-refractivity contribution in [2.75, 3.05) is 6.54 Å². The minimum Gasteiger partial charge on any atom is -0.340 e. The number of fused-ring (bicyclic) bond motifs is 2. The molecule has 3 aromatic rings. The highest BCUT2D eigenvalue weighted by atomic mass is 16.2. The van der Waals surface area contributed by atoms with Crippen molar-refractivity contribution < 1.29 is 14.4 Å². The smallest absolute Gasteiger partial charge is 0.261 e. The van der Waals surface area contributed by atoms with Crippen LogP contribution in [0, 0.1) is 11.3 Å². The summed E-state index contributed by atoms with van der Waals surface area (Å²) in [4.78, 5) is 45.6. The molecule has 7 heteroatoms. The van der Waals surface area contributed by atoms with Crippen molar-refractivity contribution in [3.05, 3.63) is 65.5 Å². The average molecular weight is 358 g/mol. The number of para-hydroxylation sites is 2. The lowest BCUT2D eigenvalue weighted by atomic mass is 10.0. The first-order valence-electron chi connectivity index (χ1n) is 8.42. The monoisotopic (exact) mass is 358 g/mol. The number of nitrogens with one attached hydrogen (secondary N) is 1. The molecule has 1 aliphatic rings. The summed E-state index contributed by atoms with van der Waals surface area (Å²) in [5.41, 5.74) is 2.08. The highest BCUT2D eigenvalue weighted by Gasteiger charge is 2.35. The number of nitrogens with zero attached hydrogens (tertiary/aromatic N) is 3. The van der Waals surface area contributed by atoms with Crippen LogP contribution in [0.2, 0.25) is 0 Å². The molecule has 0 saturated carbocycles. The fourth-order valence-corrected chi connectivity index (χ4v) is 3.20. The summed E-state index contributed by atoms with van der Waals surface area (Å²) in [6.07, 6.45) is -0.110. The molecule has 0 spiro atoms. The fraction of sp³-hybridized carbons (Fsp3) is 0.150. The van der Waals surface area contributed by atoms with Gasteiger partial charge < -0.3 is 4.98 Å². The lowest BCUT2D eigenvalue weighted by Gasteiger charge is -2.14. The normalized spacial score (nSPS) is 14.3. The van der Waals surface area contributed by atoms with Crippen molar-refractivity contribution in [3.8, 4) is 6.07 Å². The van der Waals surface area contributed by atoms with Crippen molar-refractivity contribution in [2.45, 2.75) is 12.3 Å². The first-order chi connectivity index (χ1) is 13.1. The number of carbonyl (C=O) groups is 3. The topological polar surface area (TPSA) is 107 Å². The van der Waals surface area contributed by atoms with Gasteiger partial charge in [-0.2, -0.15) is 5.26 Å². The van der Waals surface area contributed by atoms with Gasteiger partial charge in [-0.05, 0) is 24.3 Å². The largest absolute Gasteiger partial charge is 0.340 e. The molecule has 1 aromatic heterocycles. The van der Waals surface area contributed by atoms with E-state index in [4.69, 9.17) is 0 Å². The van der Waals surface area contributed by atoms with Crippen LogP contribution in [0.5, 0.6) is 0 Å². The molecule has 0 aliphatic carbocycles. The van der Waals surface area contributed by atoms with E-state index in [0.717, 1.165) is 10.4 Å². The molecular formula is C20H14N4O3. The van der Waals surface area contributed by atoms with Crippen LogP contribution >= 0.6 is 0 Å². The van der Waals surface area contributed by atoms with Gasteiger partial charge in [-0.1, -0.05) is 24.3 Å². The number of rotatable bonds is 5. The van der Waals surface area contributed by atoms with E-state index in [-0.39, 0.29) is 18.8 Å². The number of nitriles is 1. The lowest BCUT2D eigenvalue weighted by molar-refractivity contribution is -0.119. The Morgan fingerprint density at radius 3 is 2.33 bits per heavy atom. The molecule has 2 heterocycles. The zero-order valence-electron chi connectivity index (χ0n) is 14.2. The Labute approximate surface area is 154 Å². The first kappa shape index (κ1) is 16.7. The summed E-state index contributed by atoms with van der Waals surface area (Å²) >= 11 is 0. The minimum atomic E-state index is -1.08. The van der Waals surface area contributed by atoms with Gasteiger partial charge in [0.25, 0.3) is 11.8 Å². The third-order valence-electron chi connectivity index (χ3n) is 4.59. The molecule has 2 aromatic carbocycles. The van der Waals surface area contributed by atoms with Crippen molar-refractivity contribution in [1.29, 1.82) is 5.26 Å². The second-order valence-electron chi connectivity index (χ2n) is 6.23. The Bertz CT molecular complexity index is 1060. The number of imide groups is 1. The number of benzene rings is 2. The number of amides is 2. The van der Waals surface area contributed by atoms with Gasteiger partial charge in [0.1, 0.15) is 5.82 Å². The number of Topliss-reactive ketones (excluding diaryl/α,β-unsaturated/α-hetero) is 1. The molecule has 2 amide bonds. The molecule has 0 saturated heterocycles. The average Bonchev–Trinajstić information content (AvgIpc) is 3.21. The number of imidazole rings is 1. The van der Waals surface area contributed by atoms with Gasteiger partial charge in [0.2, 0.25) is 0 Å². The zero-order chi connectivity index (χ0) is 19.0. The van der Waals surface area contributed by atoms with Crippen molar-refractivity contribution >= 4 is 28.6 Å². The number of aromatic amines is 1. The van der Waals surface area contributed by atoms with Crippen LogP contribution in [-0.2, 0) is 4.79 Å². The molecule has 4 rings (SSSR count). The van der Waals surface area contributed by atoms with E-state index in [0.29, 0.717) is 16.6 Å². The van der Waals surface area contributed by atoms with Gasteiger partial charge >= 0.3 is 0 Å². The summed E-state index contributed by atoms with van der Waals surface area (Å²) in [6, 6.07) is 15.8. The second-order valence-corrected chi connectivity index (χ2v) is 6.23. The Morgan fingerprint density at radius 2 is 1.70 bits per heavy atom. The zero-order valence-corrected chi connectivity index (χ0v) is 14.2. The molecule has 1 N–H and O–H groups in total. The van der Waals surface area contributed by atoms with Gasteiger partial charge in [-0.3, -0.25) is 19.3 Å².